The number of anilines is 1. The summed E-state index contributed by atoms with van der Waals surface area (Å²) in [5.41, 5.74) is 3.63. The lowest BCUT2D eigenvalue weighted by Crippen LogP contribution is -2.23. The first kappa shape index (κ1) is 19.6. The zero-order valence-corrected chi connectivity index (χ0v) is 17.2. The number of azo groups is 1. The summed E-state index contributed by atoms with van der Waals surface area (Å²) >= 11 is 13.5. The smallest absolute Gasteiger partial charge is 0.231 e. The van der Waals surface area contributed by atoms with Crippen LogP contribution in [0.2, 0.25) is 10.0 Å². The summed E-state index contributed by atoms with van der Waals surface area (Å²) in [4.78, 5) is 6.59. The maximum absolute atomic E-state index is 8.79. The number of nitriles is 1. The van der Waals surface area contributed by atoms with Crippen molar-refractivity contribution in [3.8, 4) is 6.07 Å². The lowest BCUT2D eigenvalue weighted by Gasteiger charge is -2.22. The molecule has 1 heterocycles. The van der Waals surface area contributed by atoms with E-state index in [0.717, 1.165) is 33.7 Å². The van der Waals surface area contributed by atoms with Gasteiger partial charge in [0.15, 0.2) is 0 Å². The van der Waals surface area contributed by atoms with Gasteiger partial charge in [-0.2, -0.15) is 5.26 Å². The van der Waals surface area contributed by atoms with Gasteiger partial charge in [0.25, 0.3) is 0 Å². The molecule has 27 heavy (non-hydrogen) atoms. The molecule has 3 aromatic rings. The van der Waals surface area contributed by atoms with E-state index >= 15 is 0 Å². The Hall–Kier alpha value is -2.20. The molecular weight excluding hydrogens is 401 g/mol. The first-order valence-corrected chi connectivity index (χ1v) is 9.99. The maximum Gasteiger partial charge on any atom is 0.231 e. The first-order chi connectivity index (χ1) is 13.0. The average molecular weight is 418 g/mol. The van der Waals surface area contributed by atoms with Crippen molar-refractivity contribution in [3.63, 3.8) is 0 Å². The Kier molecular flexibility index (Phi) is 6.27. The number of thiazole rings is 1. The van der Waals surface area contributed by atoms with Gasteiger partial charge in [0, 0.05) is 18.8 Å². The third-order valence-corrected chi connectivity index (χ3v) is 5.71. The van der Waals surface area contributed by atoms with E-state index in [1.807, 2.05) is 19.1 Å². The fourth-order valence-electron chi connectivity index (χ4n) is 2.65. The topological polar surface area (TPSA) is 64.6 Å². The quantitative estimate of drug-likeness (QED) is 0.402. The summed E-state index contributed by atoms with van der Waals surface area (Å²) in [6.07, 6.45) is 0.500. The van der Waals surface area contributed by atoms with E-state index in [0.29, 0.717) is 28.1 Å². The lowest BCUT2D eigenvalue weighted by atomic mass is 10.1. The Bertz CT molecular complexity index is 999. The van der Waals surface area contributed by atoms with E-state index in [-0.39, 0.29) is 0 Å². The Morgan fingerprint density at radius 1 is 1.19 bits per heavy atom. The van der Waals surface area contributed by atoms with Crippen LogP contribution in [0, 0.1) is 18.3 Å². The number of hydrogen-bond donors (Lipinski definition) is 0. The fourth-order valence-corrected chi connectivity index (χ4v) is 3.85. The molecule has 0 aliphatic heterocycles. The lowest BCUT2D eigenvalue weighted by molar-refractivity contribution is 0.826. The second-order valence-electron chi connectivity index (χ2n) is 5.89. The van der Waals surface area contributed by atoms with Gasteiger partial charge in [-0.05, 0) is 49.7 Å². The molecular formula is C19H17Cl2N5S. The van der Waals surface area contributed by atoms with Crippen LogP contribution in [0.25, 0.3) is 10.2 Å². The largest absolute Gasteiger partial charge is 0.371 e. The SMILES string of the molecule is CCN(CCC#N)c1ccc(N=Nc2nc3cc(Cl)c(Cl)cc3s2)c(C)c1. The molecule has 0 saturated carbocycles. The third kappa shape index (κ3) is 4.56. The van der Waals surface area contributed by atoms with Gasteiger partial charge < -0.3 is 4.90 Å². The molecule has 0 atom stereocenters. The van der Waals surface area contributed by atoms with Crippen molar-refractivity contribution < 1.29 is 0 Å². The molecule has 0 aliphatic carbocycles. The molecule has 5 nitrogen and oxygen atoms in total. The number of fused-ring (bicyclic) bond motifs is 1. The molecule has 138 valence electrons. The second-order valence-corrected chi connectivity index (χ2v) is 7.71. The standard InChI is InChI=1S/C19H17Cl2N5S/c1-3-26(8-4-7-22)13-5-6-16(12(2)9-13)24-25-19-23-17-10-14(20)15(21)11-18(17)27-19/h5-6,9-11H,3-4,8H2,1-2H3. The Balaban J connectivity index is 1.82. The van der Waals surface area contributed by atoms with E-state index in [4.69, 9.17) is 28.5 Å². The van der Waals surface area contributed by atoms with Crippen LogP contribution >= 0.6 is 34.5 Å². The molecule has 0 aliphatic rings. The van der Waals surface area contributed by atoms with Gasteiger partial charge in [-0.15, -0.1) is 10.2 Å². The molecule has 0 bridgehead atoms. The maximum atomic E-state index is 8.79. The fraction of sp³-hybridized carbons (Fsp3) is 0.263. The van der Waals surface area contributed by atoms with Crippen LogP contribution in [0.1, 0.15) is 18.9 Å². The predicted octanol–water partition coefficient (Wildman–Crippen LogP) is 7.07. The van der Waals surface area contributed by atoms with E-state index in [2.05, 4.69) is 39.2 Å². The number of halogens is 2. The van der Waals surface area contributed by atoms with Crippen molar-refractivity contribution in [2.45, 2.75) is 20.3 Å². The molecule has 0 spiro atoms. The van der Waals surface area contributed by atoms with Gasteiger partial charge in [0.2, 0.25) is 5.13 Å². The van der Waals surface area contributed by atoms with Crippen LogP contribution in [-0.2, 0) is 0 Å². The van der Waals surface area contributed by atoms with Crippen LogP contribution in [0.4, 0.5) is 16.5 Å². The molecule has 0 saturated heterocycles. The molecule has 2 aromatic carbocycles. The van der Waals surface area contributed by atoms with Gasteiger partial charge in [0.05, 0.1) is 38.4 Å². The van der Waals surface area contributed by atoms with Crippen molar-refractivity contribution in [1.82, 2.24) is 4.98 Å². The third-order valence-electron chi connectivity index (χ3n) is 4.08. The van der Waals surface area contributed by atoms with Gasteiger partial charge in [-0.3, -0.25) is 0 Å². The minimum absolute atomic E-state index is 0.473. The highest BCUT2D eigenvalue weighted by molar-refractivity contribution is 7.22. The summed E-state index contributed by atoms with van der Waals surface area (Å²) in [5, 5.41) is 18.9. The van der Waals surface area contributed by atoms with E-state index in [1.165, 1.54) is 11.3 Å². The molecule has 0 radical (unpaired) electrons. The van der Waals surface area contributed by atoms with Gasteiger partial charge in [-0.25, -0.2) is 4.98 Å². The molecule has 0 amide bonds. The van der Waals surface area contributed by atoms with E-state index < -0.39 is 0 Å². The van der Waals surface area contributed by atoms with E-state index in [1.54, 1.807) is 12.1 Å². The Labute approximate surface area is 171 Å². The number of aryl methyl sites for hydroxylation is 1. The summed E-state index contributed by atoms with van der Waals surface area (Å²) in [7, 11) is 0. The summed E-state index contributed by atoms with van der Waals surface area (Å²) in [6, 6.07) is 11.7. The molecule has 8 heteroatoms. The van der Waals surface area contributed by atoms with Crippen LogP contribution in [-0.4, -0.2) is 18.1 Å². The van der Waals surface area contributed by atoms with Crippen LogP contribution in [0.15, 0.2) is 40.6 Å². The summed E-state index contributed by atoms with van der Waals surface area (Å²) in [6.45, 7) is 5.63. The summed E-state index contributed by atoms with van der Waals surface area (Å²) in [5.74, 6) is 0. The highest BCUT2D eigenvalue weighted by Crippen LogP contribution is 2.35. The molecule has 0 unspecified atom stereocenters. The molecule has 3 rings (SSSR count). The van der Waals surface area contributed by atoms with Crippen LogP contribution in [0.5, 0.6) is 0 Å². The van der Waals surface area contributed by atoms with Crippen molar-refractivity contribution in [2.75, 3.05) is 18.0 Å². The minimum atomic E-state index is 0.473. The Morgan fingerprint density at radius 2 is 1.96 bits per heavy atom. The van der Waals surface area contributed by atoms with Crippen molar-refractivity contribution in [1.29, 1.82) is 5.26 Å². The van der Waals surface area contributed by atoms with E-state index in [9.17, 15) is 0 Å². The van der Waals surface area contributed by atoms with Gasteiger partial charge in [-0.1, -0.05) is 34.5 Å². The molecule has 0 fully saturated rings. The Morgan fingerprint density at radius 3 is 2.67 bits per heavy atom. The zero-order valence-electron chi connectivity index (χ0n) is 14.9. The number of benzene rings is 2. The number of nitrogens with zero attached hydrogens (tertiary/aromatic N) is 5. The van der Waals surface area contributed by atoms with Gasteiger partial charge in [0.1, 0.15) is 0 Å². The van der Waals surface area contributed by atoms with Crippen LogP contribution in [0.3, 0.4) is 0 Å². The average Bonchev–Trinajstić information content (AvgIpc) is 3.03. The molecule has 0 N–H and O–H groups in total. The molecule has 1 aromatic heterocycles. The van der Waals surface area contributed by atoms with Crippen LogP contribution < -0.4 is 4.90 Å². The predicted molar refractivity (Wildman–Crippen MR) is 113 cm³/mol. The first-order valence-electron chi connectivity index (χ1n) is 8.41. The van der Waals surface area contributed by atoms with Crippen molar-refractivity contribution in [2.24, 2.45) is 10.2 Å². The second kappa shape index (κ2) is 8.66. The highest BCUT2D eigenvalue weighted by atomic mass is 35.5. The number of aromatic nitrogens is 1. The zero-order chi connectivity index (χ0) is 19.4. The highest BCUT2D eigenvalue weighted by Gasteiger charge is 2.09. The number of hydrogen-bond acceptors (Lipinski definition) is 6. The minimum Gasteiger partial charge on any atom is -0.371 e. The normalized spacial score (nSPS) is 11.2. The number of rotatable bonds is 6. The summed E-state index contributed by atoms with van der Waals surface area (Å²) < 4.78 is 0.918. The van der Waals surface area contributed by atoms with Crippen molar-refractivity contribution >= 4 is 61.3 Å². The monoisotopic (exact) mass is 417 g/mol. The van der Waals surface area contributed by atoms with Gasteiger partial charge >= 0.3 is 0 Å². The van der Waals surface area contributed by atoms with Crippen molar-refractivity contribution in [3.05, 3.63) is 45.9 Å².